The molecule has 0 saturated carbocycles. The van der Waals surface area contributed by atoms with E-state index in [1.807, 2.05) is 11.3 Å². The van der Waals surface area contributed by atoms with Crippen LogP contribution in [0.2, 0.25) is 0 Å². The molecule has 4 heterocycles. The smallest absolute Gasteiger partial charge is 0.132 e. The molecule has 2 aromatic carbocycles. The van der Waals surface area contributed by atoms with Crippen molar-refractivity contribution in [3.05, 3.63) is 53.2 Å². The normalized spacial score (nSPS) is 16.5. The summed E-state index contributed by atoms with van der Waals surface area (Å²) in [5.74, 6) is 1.44. The van der Waals surface area contributed by atoms with Gasteiger partial charge in [0.05, 0.1) is 12.3 Å². The van der Waals surface area contributed by atoms with Gasteiger partial charge < -0.3 is 4.74 Å². The number of hydrogen-bond acceptors (Lipinski definition) is 5. The second-order valence-electron chi connectivity index (χ2n) is 9.19. The largest absolute Gasteiger partial charge is 0.492 e. The molecular formula is C25H22N2OS2. The van der Waals surface area contributed by atoms with Gasteiger partial charge in [-0.1, -0.05) is 33.8 Å². The Morgan fingerprint density at radius 2 is 1.93 bits per heavy atom. The summed E-state index contributed by atoms with van der Waals surface area (Å²) in [5.41, 5.74) is 4.87. The summed E-state index contributed by atoms with van der Waals surface area (Å²) < 4.78 is 8.75. The van der Waals surface area contributed by atoms with Crippen LogP contribution in [0.3, 0.4) is 0 Å². The van der Waals surface area contributed by atoms with Crippen molar-refractivity contribution < 1.29 is 4.74 Å². The van der Waals surface area contributed by atoms with Crippen LogP contribution in [0.1, 0.15) is 44.7 Å². The van der Waals surface area contributed by atoms with E-state index in [9.17, 15) is 0 Å². The standard InChI is InChI=1S/C25H22N2OS2/c1-13-11-28-22-16(13)5-6-18-19(22)20-21(26-12-27-24(20)30-18)15-9-14-7-8-29-23(14)17(10-15)25(2,3)4/h5-10,12-13H,11H2,1-4H3. The third-order valence-corrected chi connectivity index (χ3v) is 8.09. The predicted octanol–water partition coefficient (Wildman–Crippen LogP) is 7.52. The fourth-order valence-electron chi connectivity index (χ4n) is 4.52. The number of rotatable bonds is 1. The van der Waals surface area contributed by atoms with E-state index in [0.29, 0.717) is 5.92 Å². The number of benzene rings is 2. The molecule has 1 aliphatic heterocycles. The fourth-order valence-corrected chi connectivity index (χ4v) is 6.66. The highest BCUT2D eigenvalue weighted by atomic mass is 32.1. The van der Waals surface area contributed by atoms with Crippen LogP contribution in [0.25, 0.3) is 41.6 Å². The summed E-state index contributed by atoms with van der Waals surface area (Å²) in [7, 11) is 0. The van der Waals surface area contributed by atoms with E-state index in [0.717, 1.165) is 33.8 Å². The van der Waals surface area contributed by atoms with Crippen LogP contribution in [-0.4, -0.2) is 16.6 Å². The first-order chi connectivity index (χ1) is 14.4. The molecule has 6 rings (SSSR count). The summed E-state index contributed by atoms with van der Waals surface area (Å²) in [6.07, 6.45) is 1.70. The highest BCUT2D eigenvalue weighted by Crippen LogP contribution is 2.48. The van der Waals surface area contributed by atoms with E-state index < -0.39 is 0 Å². The molecule has 1 unspecified atom stereocenters. The van der Waals surface area contributed by atoms with E-state index in [4.69, 9.17) is 9.72 Å². The average Bonchev–Trinajstić information content (AvgIpc) is 3.42. The van der Waals surface area contributed by atoms with Gasteiger partial charge in [-0.3, -0.25) is 0 Å². The van der Waals surface area contributed by atoms with E-state index in [1.165, 1.54) is 31.3 Å². The Morgan fingerprint density at radius 1 is 1.07 bits per heavy atom. The maximum atomic E-state index is 6.17. The third kappa shape index (κ3) is 2.55. The van der Waals surface area contributed by atoms with Gasteiger partial charge in [0.15, 0.2) is 0 Å². The highest BCUT2D eigenvalue weighted by Gasteiger charge is 2.27. The van der Waals surface area contributed by atoms with Crippen molar-refractivity contribution in [2.45, 2.75) is 39.0 Å². The molecule has 0 bridgehead atoms. The van der Waals surface area contributed by atoms with Gasteiger partial charge in [-0.25, -0.2) is 9.97 Å². The number of thiophene rings is 2. The van der Waals surface area contributed by atoms with Gasteiger partial charge in [0.25, 0.3) is 0 Å². The van der Waals surface area contributed by atoms with Crippen molar-refractivity contribution >= 4 is 53.1 Å². The molecule has 0 saturated heterocycles. The van der Waals surface area contributed by atoms with Crippen molar-refractivity contribution in [3.63, 3.8) is 0 Å². The lowest BCUT2D eigenvalue weighted by molar-refractivity contribution is 0.340. The van der Waals surface area contributed by atoms with Crippen LogP contribution in [0, 0.1) is 0 Å². The first-order valence-corrected chi connectivity index (χ1v) is 12.0. The summed E-state index contributed by atoms with van der Waals surface area (Å²) in [4.78, 5) is 10.5. The highest BCUT2D eigenvalue weighted by molar-refractivity contribution is 7.25. The second kappa shape index (κ2) is 6.25. The Balaban J connectivity index is 1.72. The van der Waals surface area contributed by atoms with Crippen LogP contribution in [0.5, 0.6) is 5.75 Å². The summed E-state index contributed by atoms with van der Waals surface area (Å²) >= 11 is 3.54. The number of fused-ring (bicyclic) bond motifs is 6. The lowest BCUT2D eigenvalue weighted by atomic mass is 9.85. The Bertz CT molecular complexity index is 1460. The lowest BCUT2D eigenvalue weighted by Gasteiger charge is -2.21. The van der Waals surface area contributed by atoms with Crippen molar-refractivity contribution in [2.24, 2.45) is 0 Å². The predicted molar refractivity (Wildman–Crippen MR) is 128 cm³/mol. The SMILES string of the molecule is CC1COc2c1ccc1sc3ncnc(-c4cc(C(C)(C)C)c5sccc5c4)c3c21. The molecule has 0 spiro atoms. The van der Waals surface area contributed by atoms with E-state index >= 15 is 0 Å². The lowest BCUT2D eigenvalue weighted by Crippen LogP contribution is -2.11. The van der Waals surface area contributed by atoms with Crippen LogP contribution in [0.15, 0.2) is 42.0 Å². The quantitative estimate of drug-likeness (QED) is 0.276. The van der Waals surface area contributed by atoms with E-state index in [-0.39, 0.29) is 5.41 Å². The van der Waals surface area contributed by atoms with Crippen LogP contribution < -0.4 is 4.74 Å². The maximum Gasteiger partial charge on any atom is 0.132 e. The second-order valence-corrected chi connectivity index (χ2v) is 11.1. The zero-order chi connectivity index (χ0) is 20.6. The minimum atomic E-state index is 0.0573. The van der Waals surface area contributed by atoms with Gasteiger partial charge in [0.2, 0.25) is 0 Å². The molecular weight excluding hydrogens is 408 g/mol. The van der Waals surface area contributed by atoms with Crippen molar-refractivity contribution in [1.82, 2.24) is 9.97 Å². The molecule has 0 fully saturated rings. The van der Waals surface area contributed by atoms with E-state index in [2.05, 4.69) is 68.4 Å². The zero-order valence-corrected chi connectivity index (χ0v) is 19.1. The van der Waals surface area contributed by atoms with Gasteiger partial charge >= 0.3 is 0 Å². The molecule has 150 valence electrons. The van der Waals surface area contributed by atoms with Gasteiger partial charge in [-0.2, -0.15) is 0 Å². The first-order valence-electron chi connectivity index (χ1n) is 10.3. The number of aromatic nitrogens is 2. The topological polar surface area (TPSA) is 35.0 Å². The molecule has 0 amide bonds. The van der Waals surface area contributed by atoms with Crippen LogP contribution >= 0.6 is 22.7 Å². The Hall–Kier alpha value is -2.50. The molecule has 5 aromatic rings. The third-order valence-electron chi connectivity index (χ3n) is 6.06. The molecule has 3 aromatic heterocycles. The minimum absolute atomic E-state index is 0.0573. The minimum Gasteiger partial charge on any atom is -0.492 e. The Labute approximate surface area is 183 Å². The Kier molecular flexibility index (Phi) is 3.81. The molecule has 1 atom stereocenters. The molecule has 1 aliphatic rings. The number of nitrogens with zero attached hydrogens (tertiary/aromatic N) is 2. The fraction of sp³-hybridized carbons (Fsp3) is 0.280. The maximum absolute atomic E-state index is 6.17. The first kappa shape index (κ1) is 18.3. The van der Waals surface area contributed by atoms with Gasteiger partial charge in [0.1, 0.15) is 16.9 Å². The van der Waals surface area contributed by atoms with Crippen molar-refractivity contribution in [2.75, 3.05) is 6.61 Å². The van der Waals surface area contributed by atoms with Gasteiger partial charge in [-0.05, 0) is 46.0 Å². The summed E-state index contributed by atoms with van der Waals surface area (Å²) in [6, 6.07) is 11.3. The van der Waals surface area contributed by atoms with Crippen LogP contribution in [0.4, 0.5) is 0 Å². The molecule has 30 heavy (non-hydrogen) atoms. The van der Waals surface area contributed by atoms with Gasteiger partial charge in [-0.15, -0.1) is 22.7 Å². The molecule has 0 aliphatic carbocycles. The monoisotopic (exact) mass is 430 g/mol. The van der Waals surface area contributed by atoms with E-state index in [1.54, 1.807) is 17.7 Å². The summed E-state index contributed by atoms with van der Waals surface area (Å²) in [6.45, 7) is 9.81. The molecule has 5 heteroatoms. The van der Waals surface area contributed by atoms with Gasteiger partial charge in [0, 0.05) is 37.2 Å². The molecule has 0 N–H and O–H groups in total. The zero-order valence-electron chi connectivity index (χ0n) is 17.4. The Morgan fingerprint density at radius 3 is 2.77 bits per heavy atom. The average molecular weight is 431 g/mol. The van der Waals surface area contributed by atoms with Crippen LogP contribution in [-0.2, 0) is 5.41 Å². The van der Waals surface area contributed by atoms with Crippen molar-refractivity contribution in [3.8, 4) is 17.0 Å². The molecule has 0 radical (unpaired) electrons. The number of ether oxygens (including phenoxy) is 1. The molecule has 3 nitrogen and oxygen atoms in total. The number of hydrogen-bond donors (Lipinski definition) is 0. The van der Waals surface area contributed by atoms with Crippen molar-refractivity contribution in [1.29, 1.82) is 0 Å². The summed E-state index contributed by atoms with van der Waals surface area (Å²) in [5, 5.41) is 5.76.